The van der Waals surface area contributed by atoms with E-state index in [-0.39, 0.29) is 0 Å². The summed E-state index contributed by atoms with van der Waals surface area (Å²) in [4.78, 5) is 2.46. The summed E-state index contributed by atoms with van der Waals surface area (Å²) in [6.07, 6.45) is 5.75. The van der Waals surface area contributed by atoms with Crippen molar-refractivity contribution in [2.24, 2.45) is 0 Å². The van der Waals surface area contributed by atoms with Gasteiger partial charge in [-0.3, -0.25) is 0 Å². The molecule has 0 saturated carbocycles. The molecule has 2 heterocycles. The third-order valence-electron chi connectivity index (χ3n) is 3.36. The first-order valence-corrected chi connectivity index (χ1v) is 5.66. The van der Waals surface area contributed by atoms with Crippen LogP contribution in [0.1, 0.15) is 17.5 Å². The van der Waals surface area contributed by atoms with Crippen LogP contribution in [0.15, 0.2) is 30.5 Å². The summed E-state index contributed by atoms with van der Waals surface area (Å²) in [6, 6.07) is 9.35. The van der Waals surface area contributed by atoms with E-state index in [2.05, 4.69) is 46.8 Å². The van der Waals surface area contributed by atoms with E-state index in [0.29, 0.717) is 6.04 Å². The molecule has 1 aromatic carbocycles. The van der Waals surface area contributed by atoms with Crippen molar-refractivity contribution in [2.75, 3.05) is 13.1 Å². The molecule has 2 aliphatic heterocycles. The Labute approximate surface area is 90.6 Å². The molecule has 0 radical (unpaired) electrons. The van der Waals surface area contributed by atoms with Crippen LogP contribution in [0.5, 0.6) is 0 Å². The fraction of sp³-hybridized carbons (Fsp3) is 0.385. The van der Waals surface area contributed by atoms with Gasteiger partial charge in [-0.05, 0) is 30.2 Å². The van der Waals surface area contributed by atoms with Crippen LogP contribution < -0.4 is 5.32 Å². The quantitative estimate of drug-likeness (QED) is 0.744. The number of nitrogens with zero attached hydrogens (tertiary/aromatic N) is 1. The smallest absolute Gasteiger partial charge is 0.0433 e. The Bertz CT molecular complexity index is 378. The van der Waals surface area contributed by atoms with Crippen molar-refractivity contribution < 1.29 is 0 Å². The molecule has 15 heavy (non-hydrogen) atoms. The Morgan fingerprint density at radius 2 is 2.20 bits per heavy atom. The molecular weight excluding hydrogens is 184 g/mol. The Morgan fingerprint density at radius 1 is 1.27 bits per heavy atom. The van der Waals surface area contributed by atoms with Crippen LogP contribution in [-0.4, -0.2) is 24.0 Å². The van der Waals surface area contributed by atoms with Crippen LogP contribution >= 0.6 is 0 Å². The topological polar surface area (TPSA) is 15.3 Å². The lowest BCUT2D eigenvalue weighted by Gasteiger charge is -2.30. The van der Waals surface area contributed by atoms with Gasteiger partial charge < -0.3 is 10.2 Å². The van der Waals surface area contributed by atoms with Gasteiger partial charge in [0.25, 0.3) is 0 Å². The average molecular weight is 200 g/mol. The van der Waals surface area contributed by atoms with E-state index in [4.69, 9.17) is 0 Å². The summed E-state index contributed by atoms with van der Waals surface area (Å²) in [5.74, 6) is 0. The first-order valence-electron chi connectivity index (χ1n) is 5.66. The number of hydrogen-bond donors (Lipinski definition) is 1. The fourth-order valence-electron chi connectivity index (χ4n) is 2.44. The van der Waals surface area contributed by atoms with Gasteiger partial charge in [-0.15, -0.1) is 0 Å². The maximum absolute atomic E-state index is 3.42. The van der Waals surface area contributed by atoms with Gasteiger partial charge in [0.2, 0.25) is 0 Å². The molecular formula is C13H16N2. The molecule has 1 atom stereocenters. The highest BCUT2D eigenvalue weighted by molar-refractivity contribution is 5.55. The Morgan fingerprint density at radius 3 is 3.07 bits per heavy atom. The summed E-state index contributed by atoms with van der Waals surface area (Å²) in [5, 5.41) is 3.42. The zero-order valence-corrected chi connectivity index (χ0v) is 8.82. The first-order chi connectivity index (χ1) is 7.43. The minimum atomic E-state index is 0.689. The Kier molecular flexibility index (Phi) is 2.22. The van der Waals surface area contributed by atoms with Gasteiger partial charge in [0.15, 0.2) is 0 Å². The monoisotopic (exact) mass is 200 g/mol. The SMILES string of the molecule is C1=CN([C@@H]2CCNC2)Cc2ccccc21. The summed E-state index contributed by atoms with van der Waals surface area (Å²) in [6.45, 7) is 3.36. The van der Waals surface area contributed by atoms with E-state index in [1.54, 1.807) is 0 Å². The standard InChI is InChI=1S/C13H16N2/c1-2-4-12-10-15(8-6-11(12)3-1)13-5-7-14-9-13/h1-4,6,8,13-14H,5,7,9-10H2/t13-/m1/s1. The molecule has 0 spiro atoms. The average Bonchev–Trinajstić information content (AvgIpc) is 2.82. The summed E-state index contributed by atoms with van der Waals surface area (Å²) < 4.78 is 0. The van der Waals surface area contributed by atoms with E-state index in [9.17, 15) is 0 Å². The predicted molar refractivity (Wildman–Crippen MR) is 62.3 cm³/mol. The lowest BCUT2D eigenvalue weighted by Crippen LogP contribution is -2.33. The lowest BCUT2D eigenvalue weighted by atomic mass is 10.0. The lowest BCUT2D eigenvalue weighted by molar-refractivity contribution is 0.283. The van der Waals surface area contributed by atoms with Crippen LogP contribution in [-0.2, 0) is 6.54 Å². The minimum absolute atomic E-state index is 0.689. The molecule has 1 saturated heterocycles. The van der Waals surface area contributed by atoms with E-state index in [0.717, 1.165) is 19.6 Å². The number of benzene rings is 1. The van der Waals surface area contributed by atoms with Crippen molar-refractivity contribution in [3.8, 4) is 0 Å². The minimum Gasteiger partial charge on any atom is -0.369 e. The predicted octanol–water partition coefficient (Wildman–Crippen LogP) is 1.83. The second kappa shape index (κ2) is 3.70. The maximum atomic E-state index is 3.42. The number of hydrogen-bond acceptors (Lipinski definition) is 2. The van der Waals surface area contributed by atoms with E-state index in [1.165, 1.54) is 17.5 Å². The highest BCUT2D eigenvalue weighted by atomic mass is 15.2. The third kappa shape index (κ3) is 1.65. The normalized spacial score (nSPS) is 24.3. The summed E-state index contributed by atoms with van der Waals surface area (Å²) in [7, 11) is 0. The van der Waals surface area contributed by atoms with Crippen molar-refractivity contribution in [3.05, 3.63) is 41.6 Å². The van der Waals surface area contributed by atoms with Crippen molar-refractivity contribution in [3.63, 3.8) is 0 Å². The van der Waals surface area contributed by atoms with Crippen LogP contribution in [0.2, 0.25) is 0 Å². The largest absolute Gasteiger partial charge is 0.369 e. The van der Waals surface area contributed by atoms with Gasteiger partial charge in [0.05, 0.1) is 0 Å². The highest BCUT2D eigenvalue weighted by Crippen LogP contribution is 2.22. The first kappa shape index (κ1) is 8.98. The van der Waals surface area contributed by atoms with Gasteiger partial charge in [-0.25, -0.2) is 0 Å². The molecule has 0 bridgehead atoms. The molecule has 2 heteroatoms. The Hall–Kier alpha value is -1.28. The van der Waals surface area contributed by atoms with Gasteiger partial charge in [0, 0.05) is 25.3 Å². The van der Waals surface area contributed by atoms with Crippen molar-refractivity contribution in [1.29, 1.82) is 0 Å². The molecule has 1 aromatic rings. The third-order valence-corrected chi connectivity index (χ3v) is 3.36. The number of rotatable bonds is 1. The molecule has 2 aliphatic rings. The molecule has 0 aromatic heterocycles. The summed E-state index contributed by atoms with van der Waals surface area (Å²) >= 11 is 0. The van der Waals surface area contributed by atoms with Gasteiger partial charge in [-0.1, -0.05) is 24.3 Å². The van der Waals surface area contributed by atoms with E-state index >= 15 is 0 Å². The van der Waals surface area contributed by atoms with Gasteiger partial charge in [-0.2, -0.15) is 0 Å². The number of nitrogens with one attached hydrogen (secondary N) is 1. The van der Waals surface area contributed by atoms with Gasteiger partial charge >= 0.3 is 0 Å². The van der Waals surface area contributed by atoms with Crippen LogP contribution in [0, 0.1) is 0 Å². The Balaban J connectivity index is 1.82. The van der Waals surface area contributed by atoms with Crippen molar-refractivity contribution >= 4 is 6.08 Å². The fourth-order valence-corrected chi connectivity index (χ4v) is 2.44. The van der Waals surface area contributed by atoms with E-state index in [1.807, 2.05) is 0 Å². The second-order valence-electron chi connectivity index (χ2n) is 4.33. The zero-order valence-electron chi connectivity index (χ0n) is 8.82. The molecule has 78 valence electrons. The molecule has 3 rings (SSSR count). The van der Waals surface area contributed by atoms with Crippen molar-refractivity contribution in [1.82, 2.24) is 10.2 Å². The zero-order chi connectivity index (χ0) is 10.1. The van der Waals surface area contributed by atoms with Crippen LogP contribution in [0.3, 0.4) is 0 Å². The van der Waals surface area contributed by atoms with E-state index < -0.39 is 0 Å². The molecule has 0 amide bonds. The van der Waals surface area contributed by atoms with Crippen LogP contribution in [0.25, 0.3) is 6.08 Å². The molecule has 2 nitrogen and oxygen atoms in total. The van der Waals surface area contributed by atoms with Crippen LogP contribution in [0.4, 0.5) is 0 Å². The maximum Gasteiger partial charge on any atom is 0.0433 e. The highest BCUT2D eigenvalue weighted by Gasteiger charge is 2.21. The van der Waals surface area contributed by atoms with Gasteiger partial charge in [0.1, 0.15) is 0 Å². The summed E-state index contributed by atoms with van der Waals surface area (Å²) in [5.41, 5.74) is 2.83. The van der Waals surface area contributed by atoms with Crippen molar-refractivity contribution in [2.45, 2.75) is 19.0 Å². The molecule has 1 N–H and O–H groups in total. The molecule has 0 unspecified atom stereocenters. The number of fused-ring (bicyclic) bond motifs is 1. The second-order valence-corrected chi connectivity index (χ2v) is 4.33. The molecule has 0 aliphatic carbocycles. The molecule has 1 fully saturated rings.